The third-order valence-electron chi connectivity index (χ3n) is 1.82. The quantitative estimate of drug-likeness (QED) is 0.457. The Hall–Kier alpha value is -2.46. The van der Waals surface area contributed by atoms with Crippen LogP contribution in [0.3, 0.4) is 0 Å². The number of rotatable bonds is 4. The number of nitrogens with one attached hydrogen (secondary N) is 1. The van der Waals surface area contributed by atoms with Gasteiger partial charge >= 0.3 is 0 Å². The first kappa shape index (κ1) is 10.6. The fraction of sp³-hybridized carbons (Fsp3) is 0.0909. The minimum Gasteiger partial charge on any atom is -0.291 e. The summed E-state index contributed by atoms with van der Waals surface area (Å²) in [7, 11) is 0. The maximum absolute atomic E-state index is 8.92. The van der Waals surface area contributed by atoms with Gasteiger partial charge in [-0.05, 0) is 12.1 Å². The molecule has 1 N–H and O–H groups in total. The van der Waals surface area contributed by atoms with Crippen LogP contribution in [0.5, 0.6) is 0 Å². The van der Waals surface area contributed by atoms with E-state index in [0.29, 0.717) is 17.9 Å². The second kappa shape index (κ2) is 5.31. The molecule has 0 amide bonds. The Balaban J connectivity index is 3.06. The Labute approximate surface area is 88.7 Å². The molecule has 0 saturated heterocycles. The molecule has 0 aliphatic rings. The molecule has 0 saturated carbocycles. The average molecular weight is 198 g/mol. The van der Waals surface area contributed by atoms with E-state index < -0.39 is 0 Å². The summed E-state index contributed by atoms with van der Waals surface area (Å²) in [4.78, 5) is 1.45. The van der Waals surface area contributed by atoms with Crippen LogP contribution < -0.4 is 10.2 Å². The summed E-state index contributed by atoms with van der Waals surface area (Å²) in [6.45, 7) is 3.99. The smallest absolute Gasteiger partial charge is 0.184 e. The van der Waals surface area contributed by atoms with Crippen LogP contribution in [0, 0.1) is 22.9 Å². The molecule has 4 heteroatoms. The van der Waals surface area contributed by atoms with Gasteiger partial charge in [0.1, 0.15) is 0 Å². The molecule has 15 heavy (non-hydrogen) atoms. The Bertz CT molecular complexity index is 425. The summed E-state index contributed by atoms with van der Waals surface area (Å²) in [6, 6.07) is 7.12. The summed E-state index contributed by atoms with van der Waals surface area (Å²) < 4.78 is 0. The maximum atomic E-state index is 8.92. The van der Waals surface area contributed by atoms with E-state index in [4.69, 9.17) is 10.5 Å². The highest BCUT2D eigenvalue weighted by atomic mass is 15.1. The van der Waals surface area contributed by atoms with Crippen molar-refractivity contribution in [2.45, 2.75) is 0 Å². The van der Waals surface area contributed by atoms with E-state index in [-0.39, 0.29) is 0 Å². The number of para-hydroxylation sites is 2. The lowest BCUT2D eigenvalue weighted by Gasteiger charge is -2.16. The maximum Gasteiger partial charge on any atom is 0.184 e. The molecule has 4 nitrogen and oxygen atoms in total. The van der Waals surface area contributed by atoms with Crippen LogP contribution in [-0.4, -0.2) is 6.54 Å². The largest absolute Gasteiger partial charge is 0.291 e. The third kappa shape index (κ3) is 2.49. The highest BCUT2D eigenvalue weighted by molar-refractivity contribution is 5.73. The predicted molar refractivity (Wildman–Crippen MR) is 58.8 cm³/mol. The molecule has 0 spiro atoms. The van der Waals surface area contributed by atoms with Crippen molar-refractivity contribution in [3.63, 3.8) is 0 Å². The lowest BCUT2D eigenvalue weighted by molar-refractivity contribution is 1.10. The molecule has 1 aromatic carbocycles. The zero-order valence-electron chi connectivity index (χ0n) is 8.14. The van der Waals surface area contributed by atoms with Crippen molar-refractivity contribution in [3.8, 4) is 12.4 Å². The monoisotopic (exact) mass is 198 g/mol. The molecule has 0 bridgehead atoms. The number of hydrogen-bond acceptors (Lipinski definition) is 4. The fourth-order valence-electron chi connectivity index (χ4n) is 1.20. The first-order valence-electron chi connectivity index (χ1n) is 4.35. The number of benzene rings is 1. The van der Waals surface area contributed by atoms with E-state index in [1.54, 1.807) is 24.3 Å². The lowest BCUT2D eigenvalue weighted by atomic mass is 10.2. The topological polar surface area (TPSA) is 62.9 Å². The van der Waals surface area contributed by atoms with E-state index in [2.05, 4.69) is 11.9 Å². The van der Waals surface area contributed by atoms with Gasteiger partial charge in [-0.15, -0.1) is 6.58 Å². The van der Waals surface area contributed by atoms with Crippen LogP contribution in [-0.2, 0) is 0 Å². The first-order valence-corrected chi connectivity index (χ1v) is 4.35. The van der Waals surface area contributed by atoms with E-state index >= 15 is 0 Å². The highest BCUT2D eigenvalue weighted by Gasteiger charge is 2.07. The number of nitriles is 2. The van der Waals surface area contributed by atoms with Gasteiger partial charge in [0.15, 0.2) is 12.4 Å². The van der Waals surface area contributed by atoms with Crippen LogP contribution >= 0.6 is 0 Å². The molecule has 0 fully saturated rings. The summed E-state index contributed by atoms with van der Waals surface area (Å²) >= 11 is 0. The molecule has 0 aromatic heterocycles. The van der Waals surface area contributed by atoms with Gasteiger partial charge in [0.05, 0.1) is 17.9 Å². The molecule has 0 aliphatic heterocycles. The predicted octanol–water partition coefficient (Wildman–Crippen LogP) is 2.05. The minimum absolute atomic E-state index is 0.417. The van der Waals surface area contributed by atoms with Crippen molar-refractivity contribution < 1.29 is 0 Å². The third-order valence-corrected chi connectivity index (χ3v) is 1.82. The van der Waals surface area contributed by atoms with E-state index in [0.717, 1.165) is 0 Å². The lowest BCUT2D eigenvalue weighted by Crippen LogP contribution is -2.17. The van der Waals surface area contributed by atoms with Gasteiger partial charge in [-0.3, -0.25) is 10.2 Å². The molecule has 0 atom stereocenters. The van der Waals surface area contributed by atoms with Gasteiger partial charge < -0.3 is 0 Å². The van der Waals surface area contributed by atoms with Gasteiger partial charge in [-0.2, -0.15) is 10.5 Å². The number of hydrogen-bond donors (Lipinski definition) is 1. The molecule has 1 rings (SSSR count). The van der Waals surface area contributed by atoms with Crippen LogP contribution in [0.15, 0.2) is 36.9 Å². The first-order chi connectivity index (χ1) is 7.33. The van der Waals surface area contributed by atoms with Crippen LogP contribution in [0.25, 0.3) is 0 Å². The average Bonchev–Trinajstić information content (AvgIpc) is 2.27. The zero-order chi connectivity index (χ0) is 11.1. The molecule has 74 valence electrons. The van der Waals surface area contributed by atoms with E-state index in [1.807, 2.05) is 18.5 Å². The van der Waals surface area contributed by atoms with E-state index in [9.17, 15) is 0 Å². The SMILES string of the molecule is C=CCN(C#N)c1ccccc1NC#N. The van der Waals surface area contributed by atoms with Crippen molar-refractivity contribution in [1.29, 1.82) is 10.5 Å². The molecule has 0 heterocycles. The molecular formula is C11H10N4. The molecule has 0 unspecified atom stereocenters. The Morgan fingerprint density at radius 3 is 2.73 bits per heavy atom. The second-order valence-electron chi connectivity index (χ2n) is 2.75. The summed E-state index contributed by atoms with van der Waals surface area (Å²) in [5.41, 5.74) is 1.28. The van der Waals surface area contributed by atoms with Crippen LogP contribution in [0.2, 0.25) is 0 Å². The number of nitrogens with zero attached hydrogens (tertiary/aromatic N) is 3. The summed E-state index contributed by atoms with van der Waals surface area (Å²) in [5.74, 6) is 0. The highest BCUT2D eigenvalue weighted by Crippen LogP contribution is 2.24. The van der Waals surface area contributed by atoms with Crippen molar-refractivity contribution >= 4 is 11.4 Å². The van der Waals surface area contributed by atoms with Gasteiger partial charge in [-0.25, -0.2) is 0 Å². The normalized spacial score (nSPS) is 8.40. The van der Waals surface area contributed by atoms with Gasteiger partial charge in [0, 0.05) is 0 Å². The summed E-state index contributed by atoms with van der Waals surface area (Å²) in [6.07, 6.45) is 5.50. The van der Waals surface area contributed by atoms with E-state index in [1.165, 1.54) is 4.90 Å². The Morgan fingerprint density at radius 2 is 2.13 bits per heavy atom. The molecule has 1 aromatic rings. The Kier molecular flexibility index (Phi) is 3.76. The second-order valence-corrected chi connectivity index (χ2v) is 2.75. The number of anilines is 2. The standard InChI is InChI=1S/C11H10N4/c1-2-7-15(9-13)11-6-4-3-5-10(11)14-8-12/h2-6,14H,1,7H2. The Morgan fingerprint density at radius 1 is 1.40 bits per heavy atom. The van der Waals surface area contributed by atoms with Crippen molar-refractivity contribution in [2.24, 2.45) is 0 Å². The molecule has 0 aliphatic carbocycles. The summed E-state index contributed by atoms with van der Waals surface area (Å²) in [5, 5.41) is 20.0. The van der Waals surface area contributed by atoms with Crippen LogP contribution in [0.4, 0.5) is 11.4 Å². The zero-order valence-corrected chi connectivity index (χ0v) is 8.14. The molecular weight excluding hydrogens is 188 g/mol. The fourth-order valence-corrected chi connectivity index (χ4v) is 1.20. The van der Waals surface area contributed by atoms with Gasteiger partial charge in [0.2, 0.25) is 0 Å². The minimum atomic E-state index is 0.417. The van der Waals surface area contributed by atoms with Gasteiger partial charge in [-0.1, -0.05) is 18.2 Å². The van der Waals surface area contributed by atoms with Crippen molar-refractivity contribution in [1.82, 2.24) is 0 Å². The molecule has 0 radical (unpaired) electrons. The van der Waals surface area contributed by atoms with Crippen molar-refractivity contribution in [2.75, 3.05) is 16.8 Å². The van der Waals surface area contributed by atoms with Gasteiger partial charge in [0.25, 0.3) is 0 Å². The van der Waals surface area contributed by atoms with Crippen molar-refractivity contribution in [3.05, 3.63) is 36.9 Å². The van der Waals surface area contributed by atoms with Crippen LogP contribution in [0.1, 0.15) is 0 Å².